The van der Waals surface area contributed by atoms with Gasteiger partial charge in [-0.25, -0.2) is 0 Å². The Balaban J connectivity index is 2.49. The molecule has 4 heteroatoms. The molecule has 4 nitrogen and oxygen atoms in total. The molecule has 0 heterocycles. The quantitative estimate of drug-likeness (QED) is 0.803. The summed E-state index contributed by atoms with van der Waals surface area (Å²) in [7, 11) is 0. The van der Waals surface area contributed by atoms with Gasteiger partial charge in [-0.3, -0.25) is 4.79 Å². The zero-order valence-corrected chi connectivity index (χ0v) is 9.45. The maximum atomic E-state index is 11.3. The molecule has 0 fully saturated rings. The van der Waals surface area contributed by atoms with Crippen LogP contribution in [0.2, 0.25) is 0 Å². The highest BCUT2D eigenvalue weighted by atomic mass is 16.1. The standard InChI is InChI=1S/C12H15N3O/c1-9(2)15-12(16)8-14-11-5-3-4-10(6-11)7-13/h3-6,9,14H,8H2,1-2H3,(H,15,16). The van der Waals surface area contributed by atoms with Crippen LogP contribution in [-0.4, -0.2) is 18.5 Å². The normalized spacial score (nSPS) is 9.62. The number of nitrogens with zero attached hydrogens (tertiary/aromatic N) is 1. The van der Waals surface area contributed by atoms with Gasteiger partial charge in [-0.05, 0) is 32.0 Å². The van der Waals surface area contributed by atoms with Gasteiger partial charge >= 0.3 is 0 Å². The van der Waals surface area contributed by atoms with E-state index >= 15 is 0 Å². The van der Waals surface area contributed by atoms with Crippen molar-refractivity contribution in [2.24, 2.45) is 0 Å². The topological polar surface area (TPSA) is 64.9 Å². The van der Waals surface area contributed by atoms with Crippen LogP contribution < -0.4 is 10.6 Å². The number of carbonyl (C=O) groups is 1. The predicted octanol–water partition coefficient (Wildman–Crippen LogP) is 1.49. The Morgan fingerprint density at radius 3 is 2.88 bits per heavy atom. The van der Waals surface area contributed by atoms with E-state index in [1.165, 1.54) is 0 Å². The molecule has 1 aromatic rings. The first-order valence-corrected chi connectivity index (χ1v) is 5.15. The van der Waals surface area contributed by atoms with Crippen molar-refractivity contribution >= 4 is 11.6 Å². The summed E-state index contributed by atoms with van der Waals surface area (Å²) >= 11 is 0. The molecule has 2 N–H and O–H groups in total. The molecule has 0 unspecified atom stereocenters. The molecule has 0 aliphatic rings. The van der Waals surface area contributed by atoms with E-state index < -0.39 is 0 Å². The number of carbonyl (C=O) groups excluding carboxylic acids is 1. The van der Waals surface area contributed by atoms with Gasteiger partial charge in [0.05, 0.1) is 18.2 Å². The molecule has 0 saturated carbocycles. The summed E-state index contributed by atoms with van der Waals surface area (Å²) in [5.41, 5.74) is 1.35. The lowest BCUT2D eigenvalue weighted by molar-refractivity contribution is -0.119. The van der Waals surface area contributed by atoms with Crippen molar-refractivity contribution in [1.29, 1.82) is 5.26 Å². The van der Waals surface area contributed by atoms with Crippen LogP contribution in [-0.2, 0) is 4.79 Å². The van der Waals surface area contributed by atoms with Crippen LogP contribution >= 0.6 is 0 Å². The molecule has 1 amide bonds. The maximum Gasteiger partial charge on any atom is 0.239 e. The Morgan fingerprint density at radius 1 is 1.50 bits per heavy atom. The van der Waals surface area contributed by atoms with Crippen molar-refractivity contribution in [3.8, 4) is 6.07 Å². The number of hydrogen-bond acceptors (Lipinski definition) is 3. The number of nitriles is 1. The van der Waals surface area contributed by atoms with Gasteiger partial charge in [-0.15, -0.1) is 0 Å². The maximum absolute atomic E-state index is 11.3. The Morgan fingerprint density at radius 2 is 2.25 bits per heavy atom. The van der Waals surface area contributed by atoms with Crippen LogP contribution in [0.4, 0.5) is 5.69 Å². The van der Waals surface area contributed by atoms with E-state index in [0.717, 1.165) is 5.69 Å². The third kappa shape index (κ3) is 4.01. The third-order valence-electron chi connectivity index (χ3n) is 1.89. The van der Waals surface area contributed by atoms with E-state index in [1.807, 2.05) is 26.0 Å². The van der Waals surface area contributed by atoms with Crippen molar-refractivity contribution < 1.29 is 4.79 Å². The Hall–Kier alpha value is -2.02. The van der Waals surface area contributed by atoms with Crippen molar-refractivity contribution in [3.05, 3.63) is 29.8 Å². The van der Waals surface area contributed by atoms with E-state index in [0.29, 0.717) is 5.56 Å². The van der Waals surface area contributed by atoms with Gasteiger partial charge in [0.15, 0.2) is 0 Å². The molecule has 84 valence electrons. The number of nitrogens with one attached hydrogen (secondary N) is 2. The first-order chi connectivity index (χ1) is 7.61. The van der Waals surface area contributed by atoms with Gasteiger partial charge in [-0.2, -0.15) is 5.26 Å². The zero-order chi connectivity index (χ0) is 12.0. The van der Waals surface area contributed by atoms with Crippen molar-refractivity contribution in [2.75, 3.05) is 11.9 Å². The molecule has 16 heavy (non-hydrogen) atoms. The van der Waals surface area contributed by atoms with E-state index in [4.69, 9.17) is 5.26 Å². The smallest absolute Gasteiger partial charge is 0.239 e. The van der Waals surface area contributed by atoms with Gasteiger partial charge in [0, 0.05) is 11.7 Å². The fraction of sp³-hybridized carbons (Fsp3) is 0.333. The fourth-order valence-corrected chi connectivity index (χ4v) is 1.25. The highest BCUT2D eigenvalue weighted by molar-refractivity contribution is 5.80. The van der Waals surface area contributed by atoms with Crippen LogP contribution in [0.3, 0.4) is 0 Å². The van der Waals surface area contributed by atoms with Crippen LogP contribution in [0.1, 0.15) is 19.4 Å². The molecule has 0 bridgehead atoms. The van der Waals surface area contributed by atoms with Crippen LogP contribution in [0.5, 0.6) is 0 Å². The highest BCUT2D eigenvalue weighted by Gasteiger charge is 2.02. The number of amides is 1. The van der Waals surface area contributed by atoms with Gasteiger partial charge in [0.25, 0.3) is 0 Å². The molecule has 0 aromatic heterocycles. The molecule has 0 aliphatic carbocycles. The Kier molecular flexibility index (Phi) is 4.34. The molecule has 0 radical (unpaired) electrons. The first kappa shape index (κ1) is 12.1. The molecular formula is C12H15N3O. The fourth-order valence-electron chi connectivity index (χ4n) is 1.25. The summed E-state index contributed by atoms with van der Waals surface area (Å²) in [5, 5.41) is 14.4. The Labute approximate surface area is 95.3 Å². The van der Waals surface area contributed by atoms with Gasteiger partial charge in [-0.1, -0.05) is 6.07 Å². The number of benzene rings is 1. The molecule has 0 spiro atoms. The minimum Gasteiger partial charge on any atom is -0.376 e. The number of rotatable bonds is 4. The van der Waals surface area contributed by atoms with E-state index in [1.54, 1.807) is 18.2 Å². The van der Waals surface area contributed by atoms with Crippen molar-refractivity contribution in [2.45, 2.75) is 19.9 Å². The highest BCUT2D eigenvalue weighted by Crippen LogP contribution is 2.08. The predicted molar refractivity (Wildman–Crippen MR) is 62.9 cm³/mol. The first-order valence-electron chi connectivity index (χ1n) is 5.15. The zero-order valence-electron chi connectivity index (χ0n) is 9.45. The summed E-state index contributed by atoms with van der Waals surface area (Å²) in [6, 6.07) is 9.22. The van der Waals surface area contributed by atoms with Crippen molar-refractivity contribution in [1.82, 2.24) is 5.32 Å². The molecule has 0 atom stereocenters. The molecule has 0 saturated heterocycles. The van der Waals surface area contributed by atoms with Gasteiger partial charge in [0.2, 0.25) is 5.91 Å². The second-order valence-electron chi connectivity index (χ2n) is 3.77. The summed E-state index contributed by atoms with van der Waals surface area (Å²) in [5.74, 6) is -0.0580. The average Bonchev–Trinajstić information content (AvgIpc) is 2.26. The van der Waals surface area contributed by atoms with E-state index in [2.05, 4.69) is 10.6 Å². The second kappa shape index (κ2) is 5.76. The lowest BCUT2D eigenvalue weighted by Gasteiger charge is -2.10. The van der Waals surface area contributed by atoms with Crippen LogP contribution in [0.25, 0.3) is 0 Å². The second-order valence-corrected chi connectivity index (χ2v) is 3.77. The monoisotopic (exact) mass is 217 g/mol. The molecule has 0 aliphatic heterocycles. The largest absolute Gasteiger partial charge is 0.376 e. The van der Waals surface area contributed by atoms with Crippen LogP contribution in [0.15, 0.2) is 24.3 Å². The van der Waals surface area contributed by atoms with Crippen LogP contribution in [0, 0.1) is 11.3 Å². The summed E-state index contributed by atoms with van der Waals surface area (Å²) < 4.78 is 0. The lowest BCUT2D eigenvalue weighted by Crippen LogP contribution is -2.34. The molecule has 1 rings (SSSR count). The number of hydrogen-bond donors (Lipinski definition) is 2. The Bertz CT molecular complexity index is 407. The molecular weight excluding hydrogens is 202 g/mol. The average molecular weight is 217 g/mol. The van der Waals surface area contributed by atoms with E-state index in [9.17, 15) is 4.79 Å². The third-order valence-corrected chi connectivity index (χ3v) is 1.89. The van der Waals surface area contributed by atoms with E-state index in [-0.39, 0.29) is 18.5 Å². The number of anilines is 1. The minimum atomic E-state index is -0.0580. The van der Waals surface area contributed by atoms with Gasteiger partial charge in [0.1, 0.15) is 0 Å². The van der Waals surface area contributed by atoms with Gasteiger partial charge < -0.3 is 10.6 Å². The summed E-state index contributed by atoms with van der Waals surface area (Å²) in [4.78, 5) is 11.3. The molecule has 1 aromatic carbocycles. The minimum absolute atomic E-state index is 0.0580. The SMILES string of the molecule is CC(C)NC(=O)CNc1cccc(C#N)c1. The summed E-state index contributed by atoms with van der Waals surface area (Å²) in [6.45, 7) is 4.04. The van der Waals surface area contributed by atoms with Crippen molar-refractivity contribution in [3.63, 3.8) is 0 Å². The lowest BCUT2D eigenvalue weighted by atomic mass is 10.2. The summed E-state index contributed by atoms with van der Waals surface area (Å²) in [6.07, 6.45) is 0.